The van der Waals surface area contributed by atoms with Crippen LogP contribution in [-0.2, 0) is 4.79 Å². The largest absolute Gasteiger partial charge is 0.497 e. The number of nitrogens with zero attached hydrogens (tertiary/aromatic N) is 2. The van der Waals surface area contributed by atoms with Gasteiger partial charge >= 0.3 is 0 Å². The molecule has 1 amide bonds. The molecule has 2 rings (SSSR count). The molecule has 1 aromatic rings. The summed E-state index contributed by atoms with van der Waals surface area (Å²) in [4.78, 5) is 16.1. The molecule has 0 saturated carbocycles. The van der Waals surface area contributed by atoms with E-state index < -0.39 is 0 Å². The van der Waals surface area contributed by atoms with Crippen molar-refractivity contribution in [3.8, 4) is 11.5 Å². The van der Waals surface area contributed by atoms with Crippen LogP contribution in [0, 0.1) is 0 Å². The van der Waals surface area contributed by atoms with Gasteiger partial charge in [-0.3, -0.25) is 4.79 Å². The van der Waals surface area contributed by atoms with Crippen LogP contribution in [0.4, 0.5) is 0 Å². The summed E-state index contributed by atoms with van der Waals surface area (Å²) >= 11 is 3.41. The summed E-state index contributed by atoms with van der Waals surface area (Å²) in [6.45, 7) is 3.43. The number of carbonyl (C=O) groups excluding carboxylic acids is 1. The van der Waals surface area contributed by atoms with E-state index in [0.29, 0.717) is 5.75 Å². The average Bonchev–Trinajstić information content (AvgIpc) is 2.46. The molecular weight excluding hydrogens is 324 g/mol. The Balaban J connectivity index is 1.87. The van der Waals surface area contributed by atoms with E-state index in [4.69, 9.17) is 9.47 Å². The number of piperazine rings is 1. The van der Waals surface area contributed by atoms with Gasteiger partial charge in [-0.2, -0.15) is 0 Å². The van der Waals surface area contributed by atoms with Gasteiger partial charge in [-0.25, -0.2) is 0 Å². The van der Waals surface area contributed by atoms with Crippen molar-refractivity contribution in [1.82, 2.24) is 9.80 Å². The molecule has 1 fully saturated rings. The Hall–Kier alpha value is -1.27. The van der Waals surface area contributed by atoms with Crippen molar-refractivity contribution in [2.24, 2.45) is 0 Å². The zero-order chi connectivity index (χ0) is 14.5. The van der Waals surface area contributed by atoms with Crippen LogP contribution < -0.4 is 9.47 Å². The molecule has 6 heteroatoms. The lowest BCUT2D eigenvalue weighted by atomic mass is 10.3. The SMILES string of the molecule is COc1ccc(OCC(=O)N2CCN(C)CC2)c(Br)c1. The minimum Gasteiger partial charge on any atom is -0.497 e. The van der Waals surface area contributed by atoms with Crippen molar-refractivity contribution >= 4 is 21.8 Å². The maximum Gasteiger partial charge on any atom is 0.260 e. The summed E-state index contributed by atoms with van der Waals surface area (Å²) in [5.41, 5.74) is 0. The molecule has 0 aliphatic carbocycles. The molecule has 1 saturated heterocycles. The van der Waals surface area contributed by atoms with E-state index >= 15 is 0 Å². The van der Waals surface area contributed by atoms with E-state index in [1.807, 2.05) is 11.0 Å². The first-order valence-electron chi connectivity index (χ1n) is 6.53. The summed E-state index contributed by atoms with van der Waals surface area (Å²) in [6, 6.07) is 5.41. The van der Waals surface area contributed by atoms with E-state index in [9.17, 15) is 4.79 Å². The number of amides is 1. The summed E-state index contributed by atoms with van der Waals surface area (Å²) in [6.07, 6.45) is 0. The van der Waals surface area contributed by atoms with Crippen LogP contribution in [0.5, 0.6) is 11.5 Å². The lowest BCUT2D eigenvalue weighted by Gasteiger charge is -2.32. The fraction of sp³-hybridized carbons (Fsp3) is 0.500. The summed E-state index contributed by atoms with van der Waals surface area (Å²) in [5, 5.41) is 0. The van der Waals surface area contributed by atoms with Gasteiger partial charge in [0.15, 0.2) is 6.61 Å². The van der Waals surface area contributed by atoms with Gasteiger partial charge in [0.25, 0.3) is 5.91 Å². The van der Waals surface area contributed by atoms with E-state index in [-0.39, 0.29) is 12.5 Å². The predicted octanol–water partition coefficient (Wildman–Crippen LogP) is 1.61. The van der Waals surface area contributed by atoms with Gasteiger partial charge < -0.3 is 19.3 Å². The van der Waals surface area contributed by atoms with E-state index in [0.717, 1.165) is 36.4 Å². The summed E-state index contributed by atoms with van der Waals surface area (Å²) in [5.74, 6) is 1.42. The average molecular weight is 343 g/mol. The van der Waals surface area contributed by atoms with Crippen LogP contribution in [0.2, 0.25) is 0 Å². The Morgan fingerprint density at radius 1 is 1.30 bits per heavy atom. The molecule has 0 bridgehead atoms. The summed E-state index contributed by atoms with van der Waals surface area (Å²) in [7, 11) is 3.67. The van der Waals surface area contributed by atoms with Gasteiger partial charge in [0, 0.05) is 26.2 Å². The number of carbonyl (C=O) groups is 1. The number of hydrogen-bond acceptors (Lipinski definition) is 4. The molecule has 110 valence electrons. The Morgan fingerprint density at radius 3 is 2.60 bits per heavy atom. The number of methoxy groups -OCH3 is 1. The molecule has 1 aromatic carbocycles. The van der Waals surface area contributed by atoms with Gasteiger partial charge in [-0.1, -0.05) is 0 Å². The molecule has 0 N–H and O–H groups in total. The molecule has 0 aromatic heterocycles. The monoisotopic (exact) mass is 342 g/mol. The smallest absolute Gasteiger partial charge is 0.260 e. The number of hydrogen-bond donors (Lipinski definition) is 0. The Morgan fingerprint density at radius 2 is 2.00 bits per heavy atom. The molecule has 20 heavy (non-hydrogen) atoms. The minimum absolute atomic E-state index is 0.0285. The number of rotatable bonds is 4. The third kappa shape index (κ3) is 3.86. The van der Waals surface area contributed by atoms with Crippen molar-refractivity contribution in [2.45, 2.75) is 0 Å². The van der Waals surface area contributed by atoms with Crippen LogP contribution in [0.15, 0.2) is 22.7 Å². The number of halogens is 1. The van der Waals surface area contributed by atoms with Gasteiger partial charge in [-0.05, 0) is 41.2 Å². The lowest BCUT2D eigenvalue weighted by Crippen LogP contribution is -2.48. The highest BCUT2D eigenvalue weighted by atomic mass is 79.9. The Bertz CT molecular complexity index is 473. The van der Waals surface area contributed by atoms with Gasteiger partial charge in [-0.15, -0.1) is 0 Å². The van der Waals surface area contributed by atoms with E-state index in [1.54, 1.807) is 19.2 Å². The lowest BCUT2D eigenvalue weighted by molar-refractivity contribution is -0.134. The van der Waals surface area contributed by atoms with Crippen molar-refractivity contribution < 1.29 is 14.3 Å². The Labute approximate surface area is 127 Å². The highest BCUT2D eigenvalue weighted by Crippen LogP contribution is 2.29. The fourth-order valence-electron chi connectivity index (χ4n) is 2.01. The predicted molar refractivity (Wildman–Crippen MR) is 80.3 cm³/mol. The fourth-order valence-corrected chi connectivity index (χ4v) is 2.48. The molecule has 1 heterocycles. The maximum atomic E-state index is 12.1. The third-order valence-electron chi connectivity index (χ3n) is 3.35. The maximum absolute atomic E-state index is 12.1. The van der Waals surface area contributed by atoms with Crippen molar-refractivity contribution in [1.29, 1.82) is 0 Å². The molecule has 0 unspecified atom stereocenters. The normalized spacial score (nSPS) is 16.1. The molecule has 5 nitrogen and oxygen atoms in total. The first kappa shape index (κ1) is 15.1. The number of benzene rings is 1. The van der Waals surface area contributed by atoms with Crippen LogP contribution in [0.25, 0.3) is 0 Å². The van der Waals surface area contributed by atoms with Crippen LogP contribution in [0.1, 0.15) is 0 Å². The van der Waals surface area contributed by atoms with Crippen LogP contribution in [0.3, 0.4) is 0 Å². The Kier molecular flexibility index (Phi) is 5.25. The van der Waals surface area contributed by atoms with Gasteiger partial charge in [0.2, 0.25) is 0 Å². The second-order valence-electron chi connectivity index (χ2n) is 4.77. The van der Waals surface area contributed by atoms with Crippen LogP contribution >= 0.6 is 15.9 Å². The third-order valence-corrected chi connectivity index (χ3v) is 3.97. The van der Waals surface area contributed by atoms with E-state index in [1.165, 1.54) is 0 Å². The number of ether oxygens (including phenoxy) is 2. The number of likely N-dealkylation sites (N-methyl/N-ethyl adjacent to an activating group) is 1. The summed E-state index contributed by atoms with van der Waals surface area (Å²) < 4.78 is 11.5. The molecule has 0 radical (unpaired) electrons. The highest BCUT2D eigenvalue weighted by Gasteiger charge is 2.19. The second-order valence-corrected chi connectivity index (χ2v) is 5.62. The first-order valence-corrected chi connectivity index (χ1v) is 7.32. The van der Waals surface area contributed by atoms with Crippen LogP contribution in [-0.4, -0.2) is 62.7 Å². The van der Waals surface area contributed by atoms with Crippen molar-refractivity contribution in [2.75, 3.05) is 46.9 Å². The molecule has 1 aliphatic rings. The molecule has 1 aliphatic heterocycles. The quantitative estimate of drug-likeness (QED) is 0.833. The molecule has 0 atom stereocenters. The minimum atomic E-state index is 0.0285. The zero-order valence-electron chi connectivity index (χ0n) is 11.8. The molecular formula is C14H19BrN2O3. The first-order chi connectivity index (χ1) is 9.60. The standard InChI is InChI=1S/C14H19BrN2O3/c1-16-5-7-17(8-6-16)14(18)10-20-13-4-3-11(19-2)9-12(13)15/h3-4,9H,5-8,10H2,1-2H3. The van der Waals surface area contributed by atoms with Gasteiger partial charge in [0.1, 0.15) is 11.5 Å². The second kappa shape index (κ2) is 6.95. The zero-order valence-corrected chi connectivity index (χ0v) is 13.4. The highest BCUT2D eigenvalue weighted by molar-refractivity contribution is 9.10. The van der Waals surface area contributed by atoms with Crippen molar-refractivity contribution in [3.05, 3.63) is 22.7 Å². The molecule has 0 spiro atoms. The topological polar surface area (TPSA) is 42.0 Å². The van der Waals surface area contributed by atoms with Gasteiger partial charge in [0.05, 0.1) is 11.6 Å². The van der Waals surface area contributed by atoms with E-state index in [2.05, 4.69) is 27.9 Å². The van der Waals surface area contributed by atoms with Crippen molar-refractivity contribution in [3.63, 3.8) is 0 Å².